The summed E-state index contributed by atoms with van der Waals surface area (Å²) in [6, 6.07) is 22.3. The van der Waals surface area contributed by atoms with Crippen molar-refractivity contribution in [1.29, 1.82) is 0 Å². The molecule has 0 aromatic heterocycles. The summed E-state index contributed by atoms with van der Waals surface area (Å²) in [6.07, 6.45) is 5.84. The third-order valence-electron chi connectivity index (χ3n) is 7.45. The summed E-state index contributed by atoms with van der Waals surface area (Å²) in [6.45, 7) is 35.1. The number of nitrogens with zero attached hydrogens (tertiary/aromatic N) is 2. The zero-order chi connectivity index (χ0) is 37.8. The molecule has 0 unspecified atom stereocenters. The maximum Gasteiger partial charge on any atom is 0.142 e. The fraction of sp³-hybridized carbons (Fsp3) is 0.500. The molecule has 1 aliphatic rings. The predicted molar refractivity (Wildman–Crippen MR) is 224 cm³/mol. The first-order valence-corrected chi connectivity index (χ1v) is 19.0. The lowest BCUT2D eigenvalue weighted by atomic mass is 9.97. The van der Waals surface area contributed by atoms with E-state index in [4.69, 9.17) is 27.9 Å². The van der Waals surface area contributed by atoms with Crippen LogP contribution in [-0.2, 0) is 6.42 Å². The number of rotatable bonds is 8. The molecule has 0 aliphatic carbocycles. The van der Waals surface area contributed by atoms with Crippen molar-refractivity contribution in [3.63, 3.8) is 0 Å². The van der Waals surface area contributed by atoms with Crippen molar-refractivity contribution in [1.82, 2.24) is 4.90 Å². The highest BCUT2D eigenvalue weighted by molar-refractivity contribution is 6.35. The third-order valence-corrected chi connectivity index (χ3v) is 8.03. The SMILES string of the molecule is C=C(C)C.C=C(CC(CC)CC)N1CCN(c2ccccc2OC)CC1.CC.CCC.CCc1ccc(Cl)cc1Cl.Cc1ccc(C)cc1. The summed E-state index contributed by atoms with van der Waals surface area (Å²) >= 11 is 11.5. The second kappa shape index (κ2) is 30.0. The molecule has 0 radical (unpaired) electrons. The highest BCUT2D eigenvalue weighted by Crippen LogP contribution is 2.29. The maximum absolute atomic E-state index is 5.85. The first kappa shape index (κ1) is 48.2. The standard InChI is InChI=1S/C19H30N2O.C8H8Cl2.C8H10.C4H8.C3H8.C2H6/c1-5-17(6-2)15-16(3)20-11-13-21(14-12-20)18-9-7-8-10-19(18)22-4;1-2-6-3-4-7(9)5-8(6)10;1-7-3-5-8(2)6-4-7;1-4(2)3;1-3-2;1-2/h7-10,17H,3,5-6,11-15H2,1-2,4H3;3-5H,2H2,1H3;3-6H,1-2H3;1H2,2-3H3;3H2,1-2H3;1-2H3. The Morgan fingerprint density at radius 2 is 1.24 bits per heavy atom. The molecular weight excluding hydrogens is 643 g/mol. The summed E-state index contributed by atoms with van der Waals surface area (Å²) in [5, 5.41) is 1.46. The van der Waals surface area contributed by atoms with Gasteiger partial charge in [0.05, 0.1) is 12.8 Å². The van der Waals surface area contributed by atoms with Crippen molar-refractivity contribution in [2.75, 3.05) is 38.2 Å². The number of hydrogen-bond donors (Lipinski definition) is 0. The fourth-order valence-corrected chi connectivity index (χ4v) is 5.18. The lowest BCUT2D eigenvalue weighted by Crippen LogP contribution is -2.46. The normalized spacial score (nSPS) is 11.4. The van der Waals surface area contributed by atoms with Crippen molar-refractivity contribution < 1.29 is 4.74 Å². The lowest BCUT2D eigenvalue weighted by molar-refractivity contribution is 0.293. The molecule has 4 rings (SSSR count). The van der Waals surface area contributed by atoms with Crippen molar-refractivity contribution in [2.24, 2.45) is 5.92 Å². The lowest BCUT2D eigenvalue weighted by Gasteiger charge is -2.39. The Hall–Kier alpha value is -2.88. The molecule has 1 saturated heterocycles. The molecule has 1 aliphatic heterocycles. The fourth-order valence-electron chi connectivity index (χ4n) is 4.64. The van der Waals surface area contributed by atoms with Crippen LogP contribution in [0.15, 0.2) is 91.2 Å². The van der Waals surface area contributed by atoms with E-state index in [0.29, 0.717) is 5.02 Å². The average molecular weight is 714 g/mol. The minimum atomic E-state index is 0.696. The summed E-state index contributed by atoms with van der Waals surface area (Å²) < 4.78 is 5.48. The highest BCUT2D eigenvalue weighted by Gasteiger charge is 2.21. The van der Waals surface area contributed by atoms with E-state index >= 15 is 0 Å². The molecule has 0 bridgehead atoms. The predicted octanol–water partition coefficient (Wildman–Crippen LogP) is 14.0. The maximum atomic E-state index is 5.85. The number of piperazine rings is 1. The topological polar surface area (TPSA) is 15.7 Å². The molecule has 3 aromatic carbocycles. The number of methoxy groups -OCH3 is 1. The van der Waals surface area contributed by atoms with Crippen LogP contribution in [0.4, 0.5) is 5.69 Å². The van der Waals surface area contributed by atoms with Crippen LogP contribution >= 0.6 is 23.2 Å². The van der Waals surface area contributed by atoms with Crippen molar-refractivity contribution in [3.05, 3.63) is 118 Å². The van der Waals surface area contributed by atoms with Crippen LogP contribution in [-0.4, -0.2) is 38.2 Å². The van der Waals surface area contributed by atoms with E-state index in [1.54, 1.807) is 13.2 Å². The van der Waals surface area contributed by atoms with Gasteiger partial charge in [-0.2, -0.15) is 0 Å². The molecular formula is C44H70Cl2N2O. The van der Waals surface area contributed by atoms with Gasteiger partial charge in [0.2, 0.25) is 0 Å². The second-order valence-corrected chi connectivity index (χ2v) is 13.1. The number of para-hydroxylation sites is 2. The number of hydrogen-bond acceptors (Lipinski definition) is 3. The van der Waals surface area contributed by atoms with E-state index in [0.717, 1.165) is 61.3 Å². The zero-order valence-electron chi connectivity index (χ0n) is 33.3. The van der Waals surface area contributed by atoms with Gasteiger partial charge in [-0.05, 0) is 76.3 Å². The third kappa shape index (κ3) is 22.5. The van der Waals surface area contributed by atoms with Gasteiger partial charge >= 0.3 is 0 Å². The number of aryl methyl sites for hydroxylation is 3. The van der Waals surface area contributed by atoms with Gasteiger partial charge in [-0.15, -0.1) is 6.58 Å². The molecule has 49 heavy (non-hydrogen) atoms. The summed E-state index contributed by atoms with van der Waals surface area (Å²) in [5.41, 5.74) is 7.49. The van der Waals surface area contributed by atoms with E-state index < -0.39 is 0 Å². The monoisotopic (exact) mass is 712 g/mol. The number of benzene rings is 3. The summed E-state index contributed by atoms with van der Waals surface area (Å²) in [7, 11) is 1.74. The van der Waals surface area contributed by atoms with Gasteiger partial charge in [-0.1, -0.05) is 157 Å². The van der Waals surface area contributed by atoms with Crippen LogP contribution in [0.1, 0.15) is 105 Å². The Morgan fingerprint density at radius 3 is 1.65 bits per heavy atom. The van der Waals surface area contributed by atoms with E-state index in [1.165, 1.54) is 47.3 Å². The molecule has 0 N–H and O–H groups in total. The van der Waals surface area contributed by atoms with Crippen LogP contribution in [0.5, 0.6) is 5.75 Å². The molecule has 276 valence electrons. The summed E-state index contributed by atoms with van der Waals surface area (Å²) in [4.78, 5) is 4.88. The Bertz CT molecular complexity index is 1240. The smallest absolute Gasteiger partial charge is 0.142 e. The van der Waals surface area contributed by atoms with Crippen LogP contribution < -0.4 is 9.64 Å². The highest BCUT2D eigenvalue weighted by atomic mass is 35.5. The molecule has 0 saturated carbocycles. The van der Waals surface area contributed by atoms with Crippen molar-refractivity contribution >= 4 is 28.9 Å². The molecule has 1 fully saturated rings. The molecule has 3 aromatic rings. The van der Waals surface area contributed by atoms with Crippen LogP contribution in [0, 0.1) is 19.8 Å². The largest absolute Gasteiger partial charge is 0.495 e. The number of ether oxygens (including phenoxy) is 1. The second-order valence-electron chi connectivity index (χ2n) is 12.3. The number of anilines is 1. The van der Waals surface area contributed by atoms with Crippen molar-refractivity contribution in [3.8, 4) is 5.75 Å². The molecule has 5 heteroatoms. The zero-order valence-corrected chi connectivity index (χ0v) is 34.8. The minimum absolute atomic E-state index is 0.696. The molecule has 0 amide bonds. The van der Waals surface area contributed by atoms with Crippen LogP contribution in [0.2, 0.25) is 10.0 Å². The van der Waals surface area contributed by atoms with Gasteiger partial charge in [0.1, 0.15) is 5.75 Å². The van der Waals surface area contributed by atoms with Gasteiger partial charge in [0, 0.05) is 41.9 Å². The Labute approximate surface area is 313 Å². The molecule has 0 atom stereocenters. The molecule has 1 heterocycles. The number of halogens is 2. The van der Waals surface area contributed by atoms with E-state index in [9.17, 15) is 0 Å². The van der Waals surface area contributed by atoms with Crippen LogP contribution in [0.3, 0.4) is 0 Å². The summed E-state index contributed by atoms with van der Waals surface area (Å²) in [5.74, 6) is 1.74. The Balaban J connectivity index is 0. The minimum Gasteiger partial charge on any atom is -0.495 e. The quantitative estimate of drug-likeness (QED) is 0.216. The van der Waals surface area contributed by atoms with E-state index in [1.807, 2.05) is 52.0 Å². The van der Waals surface area contributed by atoms with Gasteiger partial charge in [0.25, 0.3) is 0 Å². The van der Waals surface area contributed by atoms with Crippen molar-refractivity contribution in [2.45, 2.75) is 108 Å². The van der Waals surface area contributed by atoms with Crippen LogP contribution in [0.25, 0.3) is 0 Å². The van der Waals surface area contributed by atoms with Gasteiger partial charge in [-0.25, -0.2) is 0 Å². The Kier molecular flexibility index (Phi) is 29.5. The first-order chi connectivity index (χ1) is 23.4. The average Bonchev–Trinajstić information content (AvgIpc) is 3.10. The number of allylic oxidation sites excluding steroid dienone is 2. The van der Waals surface area contributed by atoms with E-state index in [2.05, 4.69) is 108 Å². The van der Waals surface area contributed by atoms with Gasteiger partial charge in [0.15, 0.2) is 0 Å². The first-order valence-electron chi connectivity index (χ1n) is 18.3. The van der Waals surface area contributed by atoms with Gasteiger partial charge < -0.3 is 14.5 Å². The molecule has 3 nitrogen and oxygen atoms in total. The molecule has 0 spiro atoms. The van der Waals surface area contributed by atoms with Gasteiger partial charge in [-0.3, -0.25) is 0 Å². The van der Waals surface area contributed by atoms with E-state index in [-0.39, 0.29) is 0 Å². The Morgan fingerprint density at radius 1 is 0.776 bits per heavy atom.